The highest BCUT2D eigenvalue weighted by atomic mass is 79.9. The van der Waals surface area contributed by atoms with Crippen molar-refractivity contribution in [2.24, 2.45) is 5.10 Å². The number of halogens is 1. The molecule has 0 spiro atoms. The summed E-state index contributed by atoms with van der Waals surface area (Å²) in [6.45, 7) is -0.167. The maximum atomic E-state index is 11.7. The molecule has 2 aromatic rings. The summed E-state index contributed by atoms with van der Waals surface area (Å²) in [6.07, 6.45) is 1.51. The number of hydrogen-bond acceptors (Lipinski definition) is 6. The molecule has 1 aromatic carbocycles. The Labute approximate surface area is 145 Å². The number of ether oxygens (including phenoxy) is 2. The minimum absolute atomic E-state index is 0.167. The number of rotatable bonds is 6. The maximum absolute atomic E-state index is 11.7. The van der Waals surface area contributed by atoms with Crippen LogP contribution in [-0.4, -0.2) is 31.8 Å². The molecule has 0 fully saturated rings. The molecule has 8 heteroatoms. The summed E-state index contributed by atoms with van der Waals surface area (Å²) in [6, 6.07) is 8.72. The van der Waals surface area contributed by atoms with Gasteiger partial charge in [0, 0.05) is 0 Å². The third kappa shape index (κ3) is 5.19. The fourth-order valence-electron chi connectivity index (χ4n) is 1.54. The van der Waals surface area contributed by atoms with E-state index in [0.29, 0.717) is 15.1 Å². The van der Waals surface area contributed by atoms with Gasteiger partial charge in [0.05, 0.1) is 22.7 Å². The van der Waals surface area contributed by atoms with E-state index in [1.165, 1.54) is 24.7 Å². The van der Waals surface area contributed by atoms with Crippen LogP contribution >= 0.6 is 27.3 Å². The molecule has 120 valence electrons. The average Bonchev–Trinajstić information content (AvgIpc) is 3.08. The number of hydrogen-bond donors (Lipinski definition) is 1. The van der Waals surface area contributed by atoms with Crippen LogP contribution in [0.3, 0.4) is 0 Å². The number of methoxy groups -OCH3 is 1. The zero-order valence-corrected chi connectivity index (χ0v) is 14.5. The molecule has 2 rings (SSSR count). The Hall–Kier alpha value is -2.19. The van der Waals surface area contributed by atoms with Gasteiger partial charge in [0.2, 0.25) is 0 Å². The Morgan fingerprint density at radius 2 is 2.22 bits per heavy atom. The highest BCUT2D eigenvalue weighted by molar-refractivity contribution is 9.10. The van der Waals surface area contributed by atoms with Crippen molar-refractivity contribution in [2.45, 2.75) is 0 Å². The van der Waals surface area contributed by atoms with Crippen LogP contribution in [0.2, 0.25) is 0 Å². The molecular weight excluding hydrogens is 384 g/mol. The Morgan fingerprint density at radius 3 is 2.87 bits per heavy atom. The summed E-state index contributed by atoms with van der Waals surface area (Å²) in [5.74, 6) is -0.206. The highest BCUT2D eigenvalue weighted by Gasteiger charge is 2.06. The number of nitrogens with one attached hydrogen (secondary N) is 1. The van der Waals surface area contributed by atoms with E-state index in [2.05, 4.69) is 31.2 Å². The number of thiophene rings is 1. The summed E-state index contributed by atoms with van der Waals surface area (Å²) < 4.78 is 10.5. The van der Waals surface area contributed by atoms with E-state index in [1.54, 1.807) is 30.3 Å². The Morgan fingerprint density at radius 1 is 1.39 bits per heavy atom. The first-order valence-corrected chi connectivity index (χ1v) is 8.13. The van der Waals surface area contributed by atoms with Crippen LogP contribution < -0.4 is 10.2 Å². The Bertz CT molecular complexity index is 716. The maximum Gasteiger partial charge on any atom is 0.343 e. The first-order valence-electron chi connectivity index (χ1n) is 6.46. The topological polar surface area (TPSA) is 77.0 Å². The predicted octanol–water partition coefficient (Wildman–Crippen LogP) is 2.83. The standard InChI is InChI=1S/C15H13BrN2O4S/c1-21-14(19)9-22-12-5-4-10(7-11(12)16)8-17-18-15(20)13-3-2-6-23-13/h2-8H,9H2,1H3,(H,18,20)/b17-8+. The van der Waals surface area contributed by atoms with Crippen molar-refractivity contribution in [2.75, 3.05) is 13.7 Å². The van der Waals surface area contributed by atoms with Gasteiger partial charge in [0.1, 0.15) is 5.75 Å². The Kier molecular flexibility index (Phi) is 6.30. The minimum Gasteiger partial charge on any atom is -0.481 e. The largest absolute Gasteiger partial charge is 0.481 e. The molecule has 6 nitrogen and oxygen atoms in total. The average molecular weight is 397 g/mol. The van der Waals surface area contributed by atoms with E-state index >= 15 is 0 Å². The molecule has 0 aliphatic rings. The molecule has 0 radical (unpaired) electrons. The van der Waals surface area contributed by atoms with Crippen molar-refractivity contribution in [1.29, 1.82) is 0 Å². The normalized spacial score (nSPS) is 10.5. The van der Waals surface area contributed by atoms with Crippen LogP contribution in [0.25, 0.3) is 0 Å². The van der Waals surface area contributed by atoms with Gasteiger partial charge in [-0.2, -0.15) is 5.10 Å². The zero-order chi connectivity index (χ0) is 16.7. The monoisotopic (exact) mass is 396 g/mol. The molecule has 0 aliphatic heterocycles. The molecule has 0 saturated heterocycles. The van der Waals surface area contributed by atoms with Gasteiger partial charge in [0.15, 0.2) is 6.61 Å². The molecule has 0 atom stereocenters. The number of benzene rings is 1. The minimum atomic E-state index is -0.459. The first-order chi connectivity index (χ1) is 11.1. The lowest BCUT2D eigenvalue weighted by Crippen LogP contribution is -2.16. The van der Waals surface area contributed by atoms with E-state index in [4.69, 9.17) is 4.74 Å². The van der Waals surface area contributed by atoms with E-state index in [-0.39, 0.29) is 12.5 Å². The van der Waals surface area contributed by atoms with Crippen LogP contribution in [0.1, 0.15) is 15.2 Å². The van der Waals surface area contributed by atoms with Crippen molar-refractivity contribution < 1.29 is 19.1 Å². The van der Waals surface area contributed by atoms with Crippen LogP contribution in [0, 0.1) is 0 Å². The van der Waals surface area contributed by atoms with Crippen molar-refractivity contribution in [3.63, 3.8) is 0 Å². The summed E-state index contributed by atoms with van der Waals surface area (Å²) in [5, 5.41) is 5.72. The molecule has 1 N–H and O–H groups in total. The summed E-state index contributed by atoms with van der Waals surface area (Å²) in [7, 11) is 1.30. The quantitative estimate of drug-likeness (QED) is 0.462. The fourth-order valence-corrected chi connectivity index (χ4v) is 2.66. The van der Waals surface area contributed by atoms with Gasteiger partial charge in [0.25, 0.3) is 5.91 Å². The van der Waals surface area contributed by atoms with E-state index in [0.717, 1.165) is 5.56 Å². The number of hydrazone groups is 1. The lowest BCUT2D eigenvalue weighted by Gasteiger charge is -2.07. The Balaban J connectivity index is 1.93. The smallest absolute Gasteiger partial charge is 0.343 e. The summed E-state index contributed by atoms with van der Waals surface area (Å²) >= 11 is 4.69. The number of amides is 1. The van der Waals surface area contributed by atoms with Gasteiger partial charge in [-0.15, -0.1) is 11.3 Å². The second-order valence-electron chi connectivity index (χ2n) is 4.23. The van der Waals surface area contributed by atoms with Gasteiger partial charge in [-0.25, -0.2) is 10.2 Å². The molecule has 0 aliphatic carbocycles. The van der Waals surface area contributed by atoms with Crippen LogP contribution in [0.5, 0.6) is 5.75 Å². The van der Waals surface area contributed by atoms with Gasteiger partial charge >= 0.3 is 5.97 Å². The molecule has 23 heavy (non-hydrogen) atoms. The summed E-state index contributed by atoms with van der Waals surface area (Å²) in [5.41, 5.74) is 3.21. The van der Waals surface area contributed by atoms with Crippen LogP contribution in [0.15, 0.2) is 45.3 Å². The lowest BCUT2D eigenvalue weighted by molar-refractivity contribution is -0.142. The molecule has 1 amide bonds. The van der Waals surface area contributed by atoms with Crippen molar-refractivity contribution >= 4 is 45.4 Å². The van der Waals surface area contributed by atoms with Crippen LogP contribution in [0.4, 0.5) is 0 Å². The lowest BCUT2D eigenvalue weighted by atomic mass is 10.2. The second-order valence-corrected chi connectivity index (χ2v) is 6.03. The SMILES string of the molecule is COC(=O)COc1ccc(/C=N/NC(=O)c2cccs2)cc1Br. The number of carbonyl (C=O) groups excluding carboxylic acids is 2. The summed E-state index contributed by atoms with van der Waals surface area (Å²) in [4.78, 5) is 23.3. The zero-order valence-electron chi connectivity index (χ0n) is 12.1. The molecule has 1 heterocycles. The van der Waals surface area contributed by atoms with Gasteiger partial charge in [-0.1, -0.05) is 6.07 Å². The third-order valence-electron chi connectivity index (χ3n) is 2.65. The van der Waals surface area contributed by atoms with Gasteiger partial charge < -0.3 is 9.47 Å². The predicted molar refractivity (Wildman–Crippen MR) is 91.0 cm³/mol. The van der Waals surface area contributed by atoms with Crippen molar-refractivity contribution in [3.8, 4) is 5.75 Å². The fraction of sp³-hybridized carbons (Fsp3) is 0.133. The van der Waals surface area contributed by atoms with Crippen molar-refractivity contribution in [1.82, 2.24) is 5.43 Å². The second kappa shape index (κ2) is 8.44. The van der Waals surface area contributed by atoms with Crippen molar-refractivity contribution in [3.05, 3.63) is 50.6 Å². The van der Waals surface area contributed by atoms with E-state index < -0.39 is 5.97 Å². The highest BCUT2D eigenvalue weighted by Crippen LogP contribution is 2.25. The molecule has 0 bridgehead atoms. The number of carbonyl (C=O) groups is 2. The van der Waals surface area contributed by atoms with E-state index in [1.807, 2.05) is 5.38 Å². The molecule has 0 unspecified atom stereocenters. The molecular formula is C15H13BrN2O4S. The molecule has 1 aromatic heterocycles. The third-order valence-corrected chi connectivity index (χ3v) is 4.14. The molecule has 0 saturated carbocycles. The van der Waals surface area contributed by atoms with Crippen LogP contribution in [-0.2, 0) is 9.53 Å². The number of esters is 1. The van der Waals surface area contributed by atoms with Gasteiger partial charge in [-0.05, 0) is 51.1 Å². The first kappa shape index (κ1) is 17.2. The van der Waals surface area contributed by atoms with E-state index in [9.17, 15) is 9.59 Å². The van der Waals surface area contributed by atoms with Gasteiger partial charge in [-0.3, -0.25) is 4.79 Å². The number of nitrogens with zero attached hydrogens (tertiary/aromatic N) is 1.